The van der Waals surface area contributed by atoms with E-state index in [2.05, 4.69) is 0 Å². The minimum absolute atomic E-state index is 0.348. The Kier molecular flexibility index (Phi) is 4.86. The quantitative estimate of drug-likeness (QED) is 0.882. The fraction of sp³-hybridized carbons (Fsp3) is 0.571. The lowest BCUT2D eigenvalue weighted by atomic mass is 10.0. The van der Waals surface area contributed by atoms with Gasteiger partial charge in [-0.05, 0) is 26.0 Å². The molecule has 4 nitrogen and oxygen atoms in total. The average Bonchev–Trinajstić information content (AvgIpc) is 2.41. The second kappa shape index (κ2) is 6.24. The van der Waals surface area contributed by atoms with Crippen LogP contribution >= 0.6 is 11.8 Å². The van der Waals surface area contributed by atoms with Crippen molar-refractivity contribution < 1.29 is 19.7 Å². The second-order valence-electron chi connectivity index (χ2n) is 4.82. The molecule has 19 heavy (non-hydrogen) atoms. The van der Waals surface area contributed by atoms with Crippen LogP contribution in [-0.2, 0) is 9.47 Å². The summed E-state index contributed by atoms with van der Waals surface area (Å²) in [4.78, 5) is 1.02. The molecule has 0 aromatic heterocycles. The topological polar surface area (TPSA) is 58.9 Å². The smallest absolute Gasteiger partial charge is 0.172 e. The van der Waals surface area contributed by atoms with E-state index in [1.807, 2.05) is 31.2 Å². The maximum atomic E-state index is 10.2. The van der Waals surface area contributed by atoms with E-state index < -0.39 is 24.6 Å². The number of hydrogen-bond acceptors (Lipinski definition) is 5. The third-order valence-corrected chi connectivity index (χ3v) is 4.63. The molecule has 2 N–H and O–H groups in total. The monoisotopic (exact) mass is 284 g/mol. The van der Waals surface area contributed by atoms with Crippen molar-refractivity contribution in [2.24, 2.45) is 0 Å². The van der Waals surface area contributed by atoms with Gasteiger partial charge in [-0.25, -0.2) is 0 Å². The highest BCUT2D eigenvalue weighted by Gasteiger charge is 2.43. The van der Waals surface area contributed by atoms with Gasteiger partial charge in [-0.15, -0.1) is 11.8 Å². The lowest BCUT2D eigenvalue weighted by Gasteiger charge is -2.40. The van der Waals surface area contributed by atoms with E-state index in [4.69, 9.17) is 9.47 Å². The zero-order chi connectivity index (χ0) is 14.0. The summed E-state index contributed by atoms with van der Waals surface area (Å²) >= 11 is 1.46. The number of aliphatic hydroxyl groups is 2. The summed E-state index contributed by atoms with van der Waals surface area (Å²) in [6.07, 6.45) is -2.73. The van der Waals surface area contributed by atoms with Crippen molar-refractivity contribution in [1.82, 2.24) is 0 Å². The SMILES string of the molecule is CO[C@@H]1O[C@@H](C)[C@@H](O)[C@H](O)[C@H]1Sc1ccc(C)cc1. The van der Waals surface area contributed by atoms with Crippen LogP contribution in [0.2, 0.25) is 0 Å². The first-order chi connectivity index (χ1) is 9.02. The summed E-state index contributed by atoms with van der Waals surface area (Å²) in [6.45, 7) is 3.75. The van der Waals surface area contributed by atoms with E-state index in [1.165, 1.54) is 17.3 Å². The van der Waals surface area contributed by atoms with Crippen LogP contribution in [0.25, 0.3) is 0 Å². The molecule has 1 aromatic rings. The first kappa shape index (κ1) is 14.8. The molecule has 5 atom stereocenters. The lowest BCUT2D eigenvalue weighted by Crippen LogP contribution is -2.55. The van der Waals surface area contributed by atoms with E-state index >= 15 is 0 Å². The normalized spacial score (nSPS) is 35.3. The van der Waals surface area contributed by atoms with Crippen LogP contribution in [0.4, 0.5) is 0 Å². The van der Waals surface area contributed by atoms with Crippen molar-refractivity contribution in [3.63, 3.8) is 0 Å². The highest BCUT2D eigenvalue weighted by Crippen LogP contribution is 2.35. The van der Waals surface area contributed by atoms with Gasteiger partial charge in [0, 0.05) is 12.0 Å². The molecular formula is C14H20O4S. The summed E-state index contributed by atoms with van der Waals surface area (Å²) in [6, 6.07) is 8.01. The molecule has 0 unspecified atom stereocenters. The molecule has 106 valence electrons. The van der Waals surface area contributed by atoms with Gasteiger partial charge in [0.15, 0.2) is 6.29 Å². The lowest BCUT2D eigenvalue weighted by molar-refractivity contribution is -0.232. The Morgan fingerprint density at radius 3 is 2.37 bits per heavy atom. The number of benzene rings is 1. The number of ether oxygens (including phenoxy) is 2. The molecule has 1 heterocycles. The van der Waals surface area contributed by atoms with Gasteiger partial charge < -0.3 is 19.7 Å². The molecule has 1 aliphatic heterocycles. The second-order valence-corrected chi connectivity index (χ2v) is 6.07. The van der Waals surface area contributed by atoms with Crippen LogP contribution in [0.5, 0.6) is 0 Å². The van der Waals surface area contributed by atoms with Gasteiger partial charge in [-0.2, -0.15) is 0 Å². The van der Waals surface area contributed by atoms with Crippen LogP contribution < -0.4 is 0 Å². The van der Waals surface area contributed by atoms with Gasteiger partial charge in [0.05, 0.1) is 17.5 Å². The Morgan fingerprint density at radius 1 is 1.16 bits per heavy atom. The number of aliphatic hydroxyl groups excluding tert-OH is 2. The van der Waals surface area contributed by atoms with Crippen molar-refractivity contribution >= 4 is 11.8 Å². The Labute approximate surface area is 117 Å². The summed E-state index contributed by atoms with van der Waals surface area (Å²) in [7, 11) is 1.55. The summed E-state index contributed by atoms with van der Waals surface area (Å²) in [5.41, 5.74) is 1.18. The van der Waals surface area contributed by atoms with Crippen LogP contribution in [0, 0.1) is 6.92 Å². The summed E-state index contributed by atoms with van der Waals surface area (Å²) in [5, 5.41) is 19.8. The minimum atomic E-state index is -0.894. The molecule has 1 fully saturated rings. The van der Waals surface area contributed by atoms with Crippen molar-refractivity contribution in [3.05, 3.63) is 29.8 Å². The van der Waals surface area contributed by atoms with Crippen LogP contribution in [-0.4, -0.2) is 47.2 Å². The molecule has 5 heteroatoms. The number of aryl methyl sites for hydroxylation is 1. The molecule has 2 rings (SSSR count). The predicted molar refractivity (Wildman–Crippen MR) is 74.2 cm³/mol. The van der Waals surface area contributed by atoms with Crippen LogP contribution in [0.1, 0.15) is 12.5 Å². The highest BCUT2D eigenvalue weighted by atomic mass is 32.2. The maximum absolute atomic E-state index is 10.2. The highest BCUT2D eigenvalue weighted by molar-refractivity contribution is 8.00. The third kappa shape index (κ3) is 3.30. The first-order valence-corrected chi connectivity index (χ1v) is 7.18. The Balaban J connectivity index is 2.13. The van der Waals surface area contributed by atoms with Crippen molar-refractivity contribution in [1.29, 1.82) is 0 Å². The fourth-order valence-corrected chi connectivity index (χ4v) is 3.29. The molecule has 1 aromatic carbocycles. The van der Waals surface area contributed by atoms with E-state index in [0.717, 1.165) is 4.90 Å². The molecule has 1 saturated heterocycles. The summed E-state index contributed by atoms with van der Waals surface area (Å²) < 4.78 is 10.8. The van der Waals surface area contributed by atoms with Gasteiger partial charge in [0.1, 0.15) is 6.10 Å². The zero-order valence-electron chi connectivity index (χ0n) is 11.3. The summed E-state index contributed by atoms with van der Waals surface area (Å²) in [5.74, 6) is 0. The predicted octanol–water partition coefficient (Wildman–Crippen LogP) is 1.57. The molecule has 0 spiro atoms. The van der Waals surface area contributed by atoms with E-state index in [9.17, 15) is 10.2 Å². The van der Waals surface area contributed by atoms with Gasteiger partial charge in [-0.1, -0.05) is 17.7 Å². The number of rotatable bonds is 3. The molecule has 0 bridgehead atoms. The standard InChI is InChI=1S/C14H20O4S/c1-8-4-6-10(7-5-8)19-13-12(16)11(15)9(2)18-14(13)17-3/h4-7,9,11-16H,1-3H3/t9-,11+,12-,13+,14+/m0/s1. The largest absolute Gasteiger partial charge is 0.389 e. The van der Waals surface area contributed by atoms with Gasteiger partial charge in [0.2, 0.25) is 0 Å². The Hall–Kier alpha value is -0.590. The number of hydrogen-bond donors (Lipinski definition) is 2. The minimum Gasteiger partial charge on any atom is -0.389 e. The van der Waals surface area contributed by atoms with Crippen molar-refractivity contribution in [2.45, 2.75) is 48.6 Å². The van der Waals surface area contributed by atoms with E-state index in [0.29, 0.717) is 0 Å². The molecule has 1 aliphatic rings. The van der Waals surface area contributed by atoms with E-state index in [-0.39, 0.29) is 5.25 Å². The molecule has 0 amide bonds. The molecule has 0 aliphatic carbocycles. The zero-order valence-corrected chi connectivity index (χ0v) is 12.1. The average molecular weight is 284 g/mol. The first-order valence-electron chi connectivity index (χ1n) is 6.30. The molecular weight excluding hydrogens is 264 g/mol. The van der Waals surface area contributed by atoms with E-state index in [1.54, 1.807) is 14.0 Å². The van der Waals surface area contributed by atoms with Crippen molar-refractivity contribution in [2.75, 3.05) is 7.11 Å². The van der Waals surface area contributed by atoms with Crippen LogP contribution in [0.3, 0.4) is 0 Å². The Morgan fingerprint density at radius 2 is 1.79 bits per heavy atom. The van der Waals surface area contributed by atoms with Gasteiger partial charge in [0.25, 0.3) is 0 Å². The van der Waals surface area contributed by atoms with Crippen molar-refractivity contribution in [3.8, 4) is 0 Å². The fourth-order valence-electron chi connectivity index (χ4n) is 2.09. The third-order valence-electron chi connectivity index (χ3n) is 3.31. The van der Waals surface area contributed by atoms with Gasteiger partial charge in [-0.3, -0.25) is 0 Å². The molecule has 0 radical (unpaired) electrons. The van der Waals surface area contributed by atoms with Gasteiger partial charge >= 0.3 is 0 Å². The number of thioether (sulfide) groups is 1. The Bertz CT molecular complexity index is 406. The number of methoxy groups -OCH3 is 1. The molecule has 0 saturated carbocycles. The van der Waals surface area contributed by atoms with Crippen LogP contribution in [0.15, 0.2) is 29.2 Å². The maximum Gasteiger partial charge on any atom is 0.172 e.